The van der Waals surface area contributed by atoms with Crippen molar-refractivity contribution in [3.63, 3.8) is 0 Å². The molecule has 0 radical (unpaired) electrons. The quantitative estimate of drug-likeness (QED) is 0.761. The number of nitrogens with zero attached hydrogens (tertiary/aromatic N) is 1. The number of anilines is 3. The summed E-state index contributed by atoms with van der Waals surface area (Å²) in [6.45, 7) is 8.91. The summed E-state index contributed by atoms with van der Waals surface area (Å²) in [4.78, 5) is 14.3. The van der Waals surface area contributed by atoms with Crippen molar-refractivity contribution in [2.45, 2.75) is 27.2 Å². The predicted octanol–water partition coefficient (Wildman–Crippen LogP) is 4.28. The van der Waals surface area contributed by atoms with Gasteiger partial charge in [0.25, 0.3) is 0 Å². The zero-order valence-electron chi connectivity index (χ0n) is 14.8. The van der Waals surface area contributed by atoms with E-state index < -0.39 is 0 Å². The van der Waals surface area contributed by atoms with Gasteiger partial charge in [0.1, 0.15) is 0 Å². The molecule has 0 fully saturated rings. The fourth-order valence-electron chi connectivity index (χ4n) is 2.65. The minimum absolute atomic E-state index is 0.0201. The molecule has 0 aliphatic carbocycles. The molecule has 4 nitrogen and oxygen atoms in total. The Labute approximate surface area is 144 Å². The lowest BCUT2D eigenvalue weighted by Gasteiger charge is -2.21. The maximum absolute atomic E-state index is 12.1. The van der Waals surface area contributed by atoms with Gasteiger partial charge in [-0.25, -0.2) is 0 Å². The molecule has 0 spiro atoms. The van der Waals surface area contributed by atoms with Crippen LogP contribution in [-0.4, -0.2) is 25.5 Å². The predicted molar refractivity (Wildman–Crippen MR) is 103 cm³/mol. The summed E-state index contributed by atoms with van der Waals surface area (Å²) < 4.78 is 0. The van der Waals surface area contributed by atoms with Crippen LogP contribution in [0.4, 0.5) is 17.1 Å². The van der Waals surface area contributed by atoms with Gasteiger partial charge in [-0.15, -0.1) is 0 Å². The Kier molecular flexibility index (Phi) is 6.67. The van der Waals surface area contributed by atoms with Crippen molar-refractivity contribution in [2.24, 2.45) is 0 Å². The molecular formula is C20H27N3O. The summed E-state index contributed by atoms with van der Waals surface area (Å²) in [5.74, 6) is 0.0201. The summed E-state index contributed by atoms with van der Waals surface area (Å²) in [6, 6.07) is 16.1. The molecule has 2 aromatic rings. The molecule has 0 aliphatic rings. The second-order valence-electron chi connectivity index (χ2n) is 5.76. The van der Waals surface area contributed by atoms with Gasteiger partial charge in [-0.3, -0.25) is 4.79 Å². The van der Waals surface area contributed by atoms with E-state index in [0.717, 1.165) is 24.5 Å². The van der Waals surface area contributed by atoms with Crippen molar-refractivity contribution in [3.05, 3.63) is 54.1 Å². The Morgan fingerprint density at radius 2 is 1.67 bits per heavy atom. The first kappa shape index (κ1) is 17.9. The number of carbonyl (C=O) groups is 1. The number of nitrogens with one attached hydrogen (secondary N) is 2. The van der Waals surface area contributed by atoms with Crippen LogP contribution in [0.1, 0.15) is 25.8 Å². The topological polar surface area (TPSA) is 44.4 Å². The van der Waals surface area contributed by atoms with E-state index in [0.29, 0.717) is 13.0 Å². The molecule has 0 unspecified atom stereocenters. The number of benzene rings is 2. The molecule has 2 N–H and O–H groups in total. The van der Waals surface area contributed by atoms with E-state index in [4.69, 9.17) is 0 Å². The van der Waals surface area contributed by atoms with Crippen molar-refractivity contribution in [3.8, 4) is 0 Å². The first-order valence-corrected chi connectivity index (χ1v) is 8.58. The minimum atomic E-state index is 0.0201. The Bertz CT molecular complexity index is 648. The van der Waals surface area contributed by atoms with Crippen LogP contribution in [0.2, 0.25) is 0 Å². The van der Waals surface area contributed by atoms with Crippen molar-refractivity contribution in [1.29, 1.82) is 0 Å². The van der Waals surface area contributed by atoms with Crippen LogP contribution in [0.15, 0.2) is 48.5 Å². The molecule has 0 atom stereocenters. The monoisotopic (exact) mass is 325 g/mol. The Balaban J connectivity index is 1.81. The molecular weight excluding hydrogens is 298 g/mol. The Morgan fingerprint density at radius 1 is 1.00 bits per heavy atom. The molecule has 0 saturated carbocycles. The third-order valence-electron chi connectivity index (χ3n) is 4.09. The molecule has 1 amide bonds. The molecule has 0 bridgehead atoms. The number of rotatable bonds is 8. The summed E-state index contributed by atoms with van der Waals surface area (Å²) in [5.41, 5.74) is 4.28. The van der Waals surface area contributed by atoms with E-state index >= 15 is 0 Å². The van der Waals surface area contributed by atoms with Gasteiger partial charge in [-0.1, -0.05) is 18.2 Å². The minimum Gasteiger partial charge on any atom is -0.384 e. The number of amides is 1. The average Bonchev–Trinajstić information content (AvgIpc) is 2.59. The van der Waals surface area contributed by atoms with Gasteiger partial charge in [0.05, 0.1) is 0 Å². The van der Waals surface area contributed by atoms with Crippen LogP contribution < -0.4 is 15.5 Å². The zero-order valence-corrected chi connectivity index (χ0v) is 14.8. The number of carbonyl (C=O) groups excluding carboxylic acids is 1. The second kappa shape index (κ2) is 8.96. The normalized spacial score (nSPS) is 10.3. The van der Waals surface area contributed by atoms with Crippen molar-refractivity contribution in [2.75, 3.05) is 35.2 Å². The van der Waals surface area contributed by atoms with Crippen molar-refractivity contribution >= 4 is 23.0 Å². The van der Waals surface area contributed by atoms with Gasteiger partial charge < -0.3 is 15.5 Å². The van der Waals surface area contributed by atoms with E-state index in [1.54, 1.807) is 0 Å². The highest BCUT2D eigenvalue weighted by molar-refractivity contribution is 5.91. The molecule has 0 aliphatic heterocycles. The average molecular weight is 325 g/mol. The Hall–Kier alpha value is -2.49. The molecule has 0 aromatic heterocycles. The third-order valence-corrected chi connectivity index (χ3v) is 4.09. The molecule has 2 aromatic carbocycles. The van der Waals surface area contributed by atoms with E-state index in [1.807, 2.05) is 42.5 Å². The third kappa shape index (κ3) is 5.01. The van der Waals surface area contributed by atoms with E-state index in [1.165, 1.54) is 11.3 Å². The lowest BCUT2D eigenvalue weighted by atomic mass is 10.2. The fourth-order valence-corrected chi connectivity index (χ4v) is 2.65. The van der Waals surface area contributed by atoms with Crippen LogP contribution in [0.5, 0.6) is 0 Å². The van der Waals surface area contributed by atoms with Gasteiger partial charge in [-0.2, -0.15) is 0 Å². The van der Waals surface area contributed by atoms with Gasteiger partial charge in [-0.05, 0) is 56.7 Å². The van der Waals surface area contributed by atoms with Crippen LogP contribution in [0.3, 0.4) is 0 Å². The van der Waals surface area contributed by atoms with Crippen molar-refractivity contribution < 1.29 is 4.79 Å². The number of hydrogen-bond donors (Lipinski definition) is 2. The standard InChI is InChI=1S/C20H27N3O/c1-4-23(5-2)18-12-10-17(11-13-18)22-20(24)14-15-21-19-9-7-6-8-16(19)3/h6-13,21H,4-5,14-15H2,1-3H3,(H,22,24). The van der Waals surface area contributed by atoms with Crippen LogP contribution in [-0.2, 0) is 4.79 Å². The molecule has 2 rings (SSSR count). The highest BCUT2D eigenvalue weighted by atomic mass is 16.1. The molecule has 4 heteroatoms. The van der Waals surface area contributed by atoms with E-state index in [9.17, 15) is 4.79 Å². The number of hydrogen-bond acceptors (Lipinski definition) is 3. The van der Waals surface area contributed by atoms with E-state index in [2.05, 4.69) is 42.4 Å². The smallest absolute Gasteiger partial charge is 0.226 e. The summed E-state index contributed by atoms with van der Waals surface area (Å²) in [7, 11) is 0. The zero-order chi connectivity index (χ0) is 17.4. The SMILES string of the molecule is CCN(CC)c1ccc(NC(=O)CCNc2ccccc2C)cc1. The van der Waals surface area contributed by atoms with Crippen LogP contribution in [0, 0.1) is 6.92 Å². The highest BCUT2D eigenvalue weighted by Gasteiger charge is 2.05. The summed E-state index contributed by atoms with van der Waals surface area (Å²) in [6.07, 6.45) is 0.437. The largest absolute Gasteiger partial charge is 0.384 e. The van der Waals surface area contributed by atoms with Gasteiger partial charge in [0, 0.05) is 43.1 Å². The lowest BCUT2D eigenvalue weighted by molar-refractivity contribution is -0.115. The van der Waals surface area contributed by atoms with Gasteiger partial charge in [0.15, 0.2) is 0 Å². The Morgan fingerprint density at radius 3 is 2.29 bits per heavy atom. The molecule has 0 saturated heterocycles. The molecule has 0 heterocycles. The molecule has 128 valence electrons. The van der Waals surface area contributed by atoms with Gasteiger partial charge in [0.2, 0.25) is 5.91 Å². The van der Waals surface area contributed by atoms with Gasteiger partial charge >= 0.3 is 0 Å². The van der Waals surface area contributed by atoms with Crippen molar-refractivity contribution in [1.82, 2.24) is 0 Å². The maximum atomic E-state index is 12.1. The summed E-state index contributed by atoms with van der Waals surface area (Å²) in [5, 5.41) is 6.25. The number of aryl methyl sites for hydroxylation is 1. The molecule has 24 heavy (non-hydrogen) atoms. The van der Waals surface area contributed by atoms with Crippen LogP contribution in [0.25, 0.3) is 0 Å². The van der Waals surface area contributed by atoms with Crippen LogP contribution >= 0.6 is 0 Å². The lowest BCUT2D eigenvalue weighted by Crippen LogP contribution is -2.21. The fraction of sp³-hybridized carbons (Fsp3) is 0.350. The number of para-hydroxylation sites is 1. The first-order valence-electron chi connectivity index (χ1n) is 8.58. The highest BCUT2D eigenvalue weighted by Crippen LogP contribution is 2.18. The van der Waals surface area contributed by atoms with E-state index in [-0.39, 0.29) is 5.91 Å². The first-order chi connectivity index (χ1) is 11.6. The maximum Gasteiger partial charge on any atom is 0.226 e. The second-order valence-corrected chi connectivity index (χ2v) is 5.76. The summed E-state index contributed by atoms with van der Waals surface area (Å²) >= 11 is 0.